The molecule has 0 saturated carbocycles. The second-order valence-corrected chi connectivity index (χ2v) is 3.50. The minimum Gasteiger partial charge on any atom is -0.296 e. The Hall–Kier alpha value is -2.42. The third-order valence-corrected chi connectivity index (χ3v) is 2.36. The molecule has 0 fully saturated rings. The number of nitrogens with zero attached hydrogens (tertiary/aromatic N) is 1. The fourth-order valence-electron chi connectivity index (χ4n) is 1.50. The Balaban J connectivity index is 2.18. The fourth-order valence-corrected chi connectivity index (χ4v) is 1.50. The van der Waals surface area contributed by atoms with Crippen LogP contribution in [0.25, 0.3) is 6.08 Å². The molecular weight excluding hydrogens is 214 g/mol. The number of rotatable bonds is 3. The Labute approximate surface area is 99.0 Å². The molecule has 0 aliphatic heterocycles. The summed E-state index contributed by atoms with van der Waals surface area (Å²) in [6.45, 7) is 0. The molecule has 1 aromatic heterocycles. The smallest absolute Gasteiger partial charge is 0.255 e. The van der Waals surface area contributed by atoms with Crippen LogP contribution in [-0.2, 0) is 0 Å². The summed E-state index contributed by atoms with van der Waals surface area (Å²) in [5.41, 5.74) is 1.30. The van der Waals surface area contributed by atoms with Gasteiger partial charge in [-0.2, -0.15) is 0 Å². The first-order valence-corrected chi connectivity index (χ1v) is 5.21. The minimum absolute atomic E-state index is 0.235. The van der Waals surface area contributed by atoms with Crippen LogP contribution in [0.15, 0.2) is 54.7 Å². The van der Waals surface area contributed by atoms with Crippen molar-refractivity contribution in [3.8, 4) is 0 Å². The van der Waals surface area contributed by atoms with Crippen LogP contribution in [-0.4, -0.2) is 16.8 Å². The third kappa shape index (κ3) is 2.58. The molecule has 0 atom stereocenters. The lowest BCUT2D eigenvalue weighted by Gasteiger charge is -1.98. The molecular formula is C14H11NO2. The van der Waals surface area contributed by atoms with Crippen molar-refractivity contribution >= 4 is 18.3 Å². The molecule has 0 unspecified atom stereocenters. The van der Waals surface area contributed by atoms with Gasteiger partial charge in [0.15, 0.2) is 6.29 Å². The molecule has 17 heavy (non-hydrogen) atoms. The summed E-state index contributed by atoms with van der Waals surface area (Å²) in [6.07, 6.45) is 5.40. The van der Waals surface area contributed by atoms with Gasteiger partial charge in [0.1, 0.15) is 0 Å². The van der Waals surface area contributed by atoms with Crippen LogP contribution < -0.4 is 0 Å². The van der Waals surface area contributed by atoms with Crippen molar-refractivity contribution in [3.05, 3.63) is 66.0 Å². The van der Waals surface area contributed by atoms with Gasteiger partial charge in [0.25, 0.3) is 5.91 Å². The Bertz CT molecular complexity index is 553. The van der Waals surface area contributed by atoms with E-state index in [2.05, 4.69) is 0 Å². The number of hydrogen-bond acceptors (Lipinski definition) is 2. The molecule has 0 bridgehead atoms. The SMILES string of the molecule is O=Cc1cccn1C(=O)/C=C/c1ccccc1. The predicted octanol–water partition coefficient (Wildman–Crippen LogP) is 2.65. The molecule has 2 rings (SSSR count). The zero-order chi connectivity index (χ0) is 12.1. The van der Waals surface area contributed by atoms with Crippen LogP contribution in [0.3, 0.4) is 0 Å². The molecule has 2 aromatic rings. The van der Waals surface area contributed by atoms with E-state index in [-0.39, 0.29) is 5.91 Å². The van der Waals surface area contributed by atoms with E-state index in [9.17, 15) is 9.59 Å². The lowest BCUT2D eigenvalue weighted by Crippen LogP contribution is -2.08. The van der Waals surface area contributed by atoms with Crippen LogP contribution in [0.5, 0.6) is 0 Å². The van der Waals surface area contributed by atoms with Crippen molar-refractivity contribution in [2.75, 3.05) is 0 Å². The number of benzene rings is 1. The molecule has 0 aliphatic carbocycles. The second-order valence-electron chi connectivity index (χ2n) is 3.50. The van der Waals surface area contributed by atoms with Crippen molar-refractivity contribution in [1.82, 2.24) is 4.57 Å². The first-order valence-electron chi connectivity index (χ1n) is 5.21. The van der Waals surface area contributed by atoms with Crippen molar-refractivity contribution in [3.63, 3.8) is 0 Å². The fraction of sp³-hybridized carbons (Fsp3) is 0. The zero-order valence-corrected chi connectivity index (χ0v) is 9.11. The van der Waals surface area contributed by atoms with E-state index in [0.717, 1.165) is 5.56 Å². The Morgan fingerprint density at radius 3 is 2.53 bits per heavy atom. The van der Waals surface area contributed by atoms with Crippen molar-refractivity contribution in [2.24, 2.45) is 0 Å². The van der Waals surface area contributed by atoms with Crippen molar-refractivity contribution < 1.29 is 9.59 Å². The molecule has 0 radical (unpaired) electrons. The van der Waals surface area contributed by atoms with Gasteiger partial charge >= 0.3 is 0 Å². The molecule has 3 heteroatoms. The van der Waals surface area contributed by atoms with Crippen LogP contribution in [0, 0.1) is 0 Å². The highest BCUT2D eigenvalue weighted by molar-refractivity contribution is 5.96. The van der Waals surface area contributed by atoms with E-state index >= 15 is 0 Å². The van der Waals surface area contributed by atoms with Gasteiger partial charge in [-0.25, -0.2) is 0 Å². The van der Waals surface area contributed by atoms with Gasteiger partial charge in [-0.1, -0.05) is 30.3 Å². The normalized spacial score (nSPS) is 10.6. The van der Waals surface area contributed by atoms with Gasteiger partial charge in [-0.3, -0.25) is 14.2 Å². The Morgan fingerprint density at radius 2 is 1.82 bits per heavy atom. The summed E-state index contributed by atoms with van der Waals surface area (Å²) in [7, 11) is 0. The molecule has 3 nitrogen and oxygen atoms in total. The number of aromatic nitrogens is 1. The first-order chi connectivity index (χ1) is 8.31. The highest BCUT2D eigenvalue weighted by atomic mass is 16.2. The molecule has 0 saturated heterocycles. The zero-order valence-electron chi connectivity index (χ0n) is 9.11. The van der Waals surface area contributed by atoms with Crippen LogP contribution in [0.4, 0.5) is 0 Å². The molecule has 1 heterocycles. The van der Waals surface area contributed by atoms with E-state index < -0.39 is 0 Å². The number of carbonyl (C=O) groups is 2. The molecule has 0 amide bonds. The van der Waals surface area contributed by atoms with E-state index in [1.54, 1.807) is 24.4 Å². The summed E-state index contributed by atoms with van der Waals surface area (Å²) in [5.74, 6) is -0.235. The largest absolute Gasteiger partial charge is 0.296 e. The van der Waals surface area contributed by atoms with Gasteiger partial charge in [-0.15, -0.1) is 0 Å². The maximum absolute atomic E-state index is 11.8. The number of carbonyl (C=O) groups excluding carboxylic acids is 2. The molecule has 1 aromatic carbocycles. The maximum Gasteiger partial charge on any atom is 0.255 e. The Morgan fingerprint density at radius 1 is 1.06 bits per heavy atom. The summed E-state index contributed by atoms with van der Waals surface area (Å²) >= 11 is 0. The monoisotopic (exact) mass is 225 g/mol. The lowest BCUT2D eigenvalue weighted by molar-refractivity contribution is 0.0956. The van der Waals surface area contributed by atoms with E-state index in [1.165, 1.54) is 10.6 Å². The summed E-state index contributed by atoms with van der Waals surface area (Å²) in [5, 5.41) is 0. The van der Waals surface area contributed by atoms with E-state index in [1.807, 2.05) is 30.3 Å². The first kappa shape index (κ1) is 11.1. The summed E-state index contributed by atoms with van der Waals surface area (Å²) < 4.78 is 1.31. The lowest BCUT2D eigenvalue weighted by atomic mass is 10.2. The number of aldehydes is 1. The van der Waals surface area contributed by atoms with Crippen LogP contribution in [0.2, 0.25) is 0 Å². The third-order valence-electron chi connectivity index (χ3n) is 2.36. The summed E-state index contributed by atoms with van der Waals surface area (Å²) in [4.78, 5) is 22.4. The van der Waals surface area contributed by atoms with Gasteiger partial charge in [-0.05, 0) is 23.8 Å². The molecule has 0 spiro atoms. The van der Waals surface area contributed by atoms with Gasteiger partial charge in [0, 0.05) is 12.3 Å². The molecule has 0 aliphatic rings. The quantitative estimate of drug-likeness (QED) is 0.595. The highest BCUT2D eigenvalue weighted by Crippen LogP contribution is 2.03. The molecule has 84 valence electrons. The maximum atomic E-state index is 11.8. The van der Waals surface area contributed by atoms with Gasteiger partial charge in [0.2, 0.25) is 0 Å². The van der Waals surface area contributed by atoms with E-state index in [4.69, 9.17) is 0 Å². The van der Waals surface area contributed by atoms with Gasteiger partial charge < -0.3 is 0 Å². The Kier molecular flexibility index (Phi) is 3.31. The van der Waals surface area contributed by atoms with E-state index in [0.29, 0.717) is 12.0 Å². The van der Waals surface area contributed by atoms with Crippen LogP contribution >= 0.6 is 0 Å². The number of hydrogen-bond donors (Lipinski definition) is 0. The standard InChI is InChI=1S/C14H11NO2/c16-11-13-7-4-10-15(13)14(17)9-8-12-5-2-1-3-6-12/h1-11H/b9-8+. The topological polar surface area (TPSA) is 39.1 Å². The minimum atomic E-state index is -0.235. The molecule has 0 N–H and O–H groups in total. The van der Waals surface area contributed by atoms with Gasteiger partial charge in [0.05, 0.1) is 5.69 Å². The predicted molar refractivity (Wildman–Crippen MR) is 65.9 cm³/mol. The van der Waals surface area contributed by atoms with Crippen molar-refractivity contribution in [1.29, 1.82) is 0 Å². The second kappa shape index (κ2) is 5.07. The highest BCUT2D eigenvalue weighted by Gasteiger charge is 2.04. The summed E-state index contributed by atoms with van der Waals surface area (Å²) in [6, 6.07) is 12.8. The average Bonchev–Trinajstić information content (AvgIpc) is 2.85. The average molecular weight is 225 g/mol. The van der Waals surface area contributed by atoms with Crippen LogP contribution in [0.1, 0.15) is 20.8 Å². The van der Waals surface area contributed by atoms with Crippen molar-refractivity contribution in [2.45, 2.75) is 0 Å². The number of allylic oxidation sites excluding steroid dienone is 1.